The van der Waals surface area contributed by atoms with Crippen LogP contribution in [0.3, 0.4) is 0 Å². The van der Waals surface area contributed by atoms with Gasteiger partial charge in [-0.15, -0.1) is 0 Å². The highest BCUT2D eigenvalue weighted by Gasteiger charge is 2.39. The summed E-state index contributed by atoms with van der Waals surface area (Å²) >= 11 is 12.1. The van der Waals surface area contributed by atoms with Crippen molar-refractivity contribution in [1.82, 2.24) is 4.90 Å². The second kappa shape index (κ2) is 5.79. The minimum absolute atomic E-state index is 0.245. The lowest BCUT2D eigenvalue weighted by atomic mass is 10.1. The van der Waals surface area contributed by atoms with Gasteiger partial charge in [-0.25, -0.2) is 0 Å². The Morgan fingerprint density at radius 3 is 2.74 bits per heavy atom. The highest BCUT2D eigenvalue weighted by molar-refractivity contribution is 6.37. The van der Waals surface area contributed by atoms with E-state index in [9.17, 15) is 10.1 Å². The van der Waals surface area contributed by atoms with Crippen LogP contribution in [-0.2, 0) is 4.74 Å². The zero-order valence-electron chi connectivity index (χ0n) is 10.3. The van der Waals surface area contributed by atoms with Gasteiger partial charge in [-0.1, -0.05) is 23.2 Å². The van der Waals surface area contributed by atoms with Crippen LogP contribution in [0.1, 0.15) is 28.4 Å². The average Bonchev–Trinajstić information content (AvgIpc) is 2.69. The van der Waals surface area contributed by atoms with E-state index in [4.69, 9.17) is 27.9 Å². The number of halogens is 2. The first-order valence-electron chi connectivity index (χ1n) is 5.79. The van der Waals surface area contributed by atoms with Crippen LogP contribution < -0.4 is 0 Å². The number of hydrogen-bond acceptors (Lipinski definition) is 3. The Kier molecular flexibility index (Phi) is 4.31. The third kappa shape index (κ3) is 2.42. The molecule has 6 heteroatoms. The lowest BCUT2D eigenvalue weighted by Gasteiger charge is -2.19. The van der Waals surface area contributed by atoms with Crippen molar-refractivity contribution in [2.24, 2.45) is 0 Å². The monoisotopic (exact) mass is 298 g/mol. The van der Waals surface area contributed by atoms with E-state index >= 15 is 0 Å². The van der Waals surface area contributed by atoms with Crippen molar-refractivity contribution in [3.63, 3.8) is 0 Å². The Labute approximate surface area is 121 Å². The Balaban J connectivity index is 2.38. The van der Waals surface area contributed by atoms with Crippen molar-refractivity contribution in [2.45, 2.75) is 12.5 Å². The molecule has 1 aliphatic heterocycles. The van der Waals surface area contributed by atoms with Gasteiger partial charge >= 0.3 is 0 Å². The maximum Gasteiger partial charge on any atom is 0.257 e. The van der Waals surface area contributed by atoms with Gasteiger partial charge in [-0.2, -0.15) is 5.26 Å². The minimum atomic E-state index is -0.675. The summed E-state index contributed by atoms with van der Waals surface area (Å²) in [7, 11) is 1.59. The van der Waals surface area contributed by atoms with E-state index in [0.717, 1.165) is 0 Å². The molecule has 1 unspecified atom stereocenters. The maximum atomic E-state index is 12.3. The van der Waals surface area contributed by atoms with Gasteiger partial charge in [0, 0.05) is 30.8 Å². The third-order valence-corrected chi connectivity index (χ3v) is 3.72. The van der Waals surface area contributed by atoms with Crippen molar-refractivity contribution in [3.8, 4) is 6.07 Å². The van der Waals surface area contributed by atoms with Gasteiger partial charge in [0.15, 0.2) is 0 Å². The van der Waals surface area contributed by atoms with Gasteiger partial charge in [-0.05, 0) is 18.6 Å². The third-order valence-electron chi connectivity index (χ3n) is 3.07. The molecule has 0 saturated heterocycles. The zero-order chi connectivity index (χ0) is 14.0. The zero-order valence-corrected chi connectivity index (χ0v) is 11.8. The van der Waals surface area contributed by atoms with E-state index in [0.29, 0.717) is 40.7 Å². The summed E-state index contributed by atoms with van der Waals surface area (Å²) in [4.78, 5) is 13.8. The summed E-state index contributed by atoms with van der Waals surface area (Å²) < 4.78 is 4.96. The number of rotatable bonds is 4. The van der Waals surface area contributed by atoms with Crippen molar-refractivity contribution in [3.05, 3.63) is 33.3 Å². The number of benzene rings is 1. The predicted octanol–water partition coefficient (Wildman–Crippen LogP) is 3.05. The number of hydrogen-bond donors (Lipinski definition) is 0. The number of amides is 1. The molecule has 2 rings (SSSR count). The molecule has 0 N–H and O–H groups in total. The predicted molar refractivity (Wildman–Crippen MR) is 72.3 cm³/mol. The smallest absolute Gasteiger partial charge is 0.257 e. The van der Waals surface area contributed by atoms with E-state index in [1.54, 1.807) is 19.2 Å². The van der Waals surface area contributed by atoms with Crippen LogP contribution >= 0.6 is 23.2 Å². The van der Waals surface area contributed by atoms with Crippen LogP contribution in [0.2, 0.25) is 10.0 Å². The van der Waals surface area contributed by atoms with Crippen LogP contribution in [0.5, 0.6) is 0 Å². The van der Waals surface area contributed by atoms with Crippen LogP contribution in [0.15, 0.2) is 12.1 Å². The number of nitrogens with zero attached hydrogens (tertiary/aromatic N) is 2. The van der Waals surface area contributed by atoms with Gasteiger partial charge in [-0.3, -0.25) is 4.79 Å². The first-order chi connectivity index (χ1) is 9.11. The molecule has 4 nitrogen and oxygen atoms in total. The molecule has 19 heavy (non-hydrogen) atoms. The van der Waals surface area contributed by atoms with Crippen molar-refractivity contribution < 1.29 is 9.53 Å². The topological polar surface area (TPSA) is 53.3 Å². The lowest BCUT2D eigenvalue weighted by molar-refractivity contribution is 0.0738. The second-order valence-electron chi connectivity index (χ2n) is 4.19. The van der Waals surface area contributed by atoms with Gasteiger partial charge < -0.3 is 9.64 Å². The first kappa shape index (κ1) is 14.1. The average molecular weight is 299 g/mol. The molecule has 1 aromatic carbocycles. The highest BCUT2D eigenvalue weighted by Crippen LogP contribution is 2.41. The SMILES string of the molecule is COCCCN1C(=O)c2c(Cl)ccc(Cl)c2C1C#N. The maximum absolute atomic E-state index is 12.3. The molecule has 0 fully saturated rings. The molecule has 0 saturated carbocycles. The van der Waals surface area contributed by atoms with E-state index in [1.165, 1.54) is 4.90 Å². The van der Waals surface area contributed by atoms with E-state index in [1.807, 2.05) is 0 Å². The molecule has 1 heterocycles. The van der Waals surface area contributed by atoms with Gasteiger partial charge in [0.25, 0.3) is 5.91 Å². The van der Waals surface area contributed by atoms with E-state index < -0.39 is 6.04 Å². The molecule has 0 radical (unpaired) electrons. The number of nitriles is 1. The fraction of sp³-hybridized carbons (Fsp3) is 0.385. The Morgan fingerprint density at radius 2 is 2.11 bits per heavy atom. The first-order valence-corrected chi connectivity index (χ1v) is 6.54. The Bertz CT molecular complexity index is 554. The molecule has 0 aromatic heterocycles. The summed E-state index contributed by atoms with van der Waals surface area (Å²) in [6.07, 6.45) is 0.656. The fourth-order valence-corrected chi connectivity index (χ4v) is 2.72. The number of fused-ring (bicyclic) bond motifs is 1. The number of ether oxygens (including phenoxy) is 1. The van der Waals surface area contributed by atoms with Gasteiger partial charge in [0.05, 0.1) is 16.7 Å². The molecule has 0 aliphatic carbocycles. The summed E-state index contributed by atoms with van der Waals surface area (Å²) in [6.45, 7) is 0.964. The van der Waals surface area contributed by atoms with Crippen LogP contribution in [0.4, 0.5) is 0 Å². The summed E-state index contributed by atoms with van der Waals surface area (Å²) in [6, 6.07) is 4.63. The molecule has 1 aromatic rings. The van der Waals surface area contributed by atoms with Gasteiger partial charge in [0.1, 0.15) is 6.04 Å². The van der Waals surface area contributed by atoms with Crippen LogP contribution in [0, 0.1) is 11.3 Å². The van der Waals surface area contributed by atoms with Gasteiger partial charge in [0.2, 0.25) is 0 Å². The standard InChI is InChI=1S/C13H12Cl2N2O2/c1-19-6-2-5-17-10(7-16)11-8(14)3-4-9(15)12(11)13(17)18/h3-4,10H,2,5-6H2,1H3. The number of carbonyl (C=O) groups is 1. The minimum Gasteiger partial charge on any atom is -0.385 e. The molecule has 1 amide bonds. The molecule has 1 aliphatic rings. The Hall–Kier alpha value is -1.28. The Morgan fingerprint density at radius 1 is 1.42 bits per heavy atom. The molecular weight excluding hydrogens is 287 g/mol. The summed E-state index contributed by atoms with van der Waals surface area (Å²) in [5.41, 5.74) is 0.859. The summed E-state index contributed by atoms with van der Waals surface area (Å²) in [5.74, 6) is -0.245. The van der Waals surface area contributed by atoms with Crippen molar-refractivity contribution in [1.29, 1.82) is 5.26 Å². The van der Waals surface area contributed by atoms with E-state index in [-0.39, 0.29) is 5.91 Å². The van der Waals surface area contributed by atoms with E-state index in [2.05, 4.69) is 6.07 Å². The largest absolute Gasteiger partial charge is 0.385 e. The summed E-state index contributed by atoms with van der Waals surface area (Å²) in [5, 5.41) is 10.0. The molecule has 0 spiro atoms. The normalized spacial score (nSPS) is 17.5. The van der Waals surface area contributed by atoms with Crippen LogP contribution in [0.25, 0.3) is 0 Å². The highest BCUT2D eigenvalue weighted by atomic mass is 35.5. The lowest BCUT2D eigenvalue weighted by Crippen LogP contribution is -2.29. The van der Waals surface area contributed by atoms with Crippen LogP contribution in [-0.4, -0.2) is 31.1 Å². The fourth-order valence-electron chi connectivity index (χ4n) is 2.21. The molecule has 100 valence electrons. The number of carbonyl (C=O) groups excluding carboxylic acids is 1. The second-order valence-corrected chi connectivity index (χ2v) is 5.01. The molecule has 0 bridgehead atoms. The quantitative estimate of drug-likeness (QED) is 0.803. The number of methoxy groups -OCH3 is 1. The van der Waals surface area contributed by atoms with Crippen molar-refractivity contribution >= 4 is 29.1 Å². The molecule has 1 atom stereocenters. The molecular formula is C13H12Cl2N2O2. The van der Waals surface area contributed by atoms with Crippen molar-refractivity contribution in [2.75, 3.05) is 20.3 Å².